The Kier molecular flexibility index (Phi) is 4.83. The molecule has 2 heterocycles. The van der Waals surface area contributed by atoms with Crippen LogP contribution in [0.4, 0.5) is 0 Å². The summed E-state index contributed by atoms with van der Waals surface area (Å²) < 4.78 is 5.46. The van der Waals surface area contributed by atoms with Gasteiger partial charge in [-0.05, 0) is 19.8 Å². The van der Waals surface area contributed by atoms with Gasteiger partial charge in [0, 0.05) is 19.6 Å². The smallest absolute Gasteiger partial charge is 0.242 e. The van der Waals surface area contributed by atoms with Crippen LogP contribution in [0.15, 0.2) is 0 Å². The summed E-state index contributed by atoms with van der Waals surface area (Å²) in [6, 6.07) is -0.123. The predicted molar refractivity (Wildman–Crippen MR) is 60.3 cm³/mol. The van der Waals surface area contributed by atoms with Gasteiger partial charge in [0.2, 0.25) is 5.91 Å². The van der Waals surface area contributed by atoms with Crippen molar-refractivity contribution >= 4 is 18.3 Å². The Balaban J connectivity index is 0.00000112. The zero-order valence-corrected chi connectivity index (χ0v) is 9.89. The van der Waals surface area contributed by atoms with Crippen LogP contribution in [0.25, 0.3) is 0 Å². The molecule has 0 saturated carbocycles. The molecule has 2 rings (SSSR count). The fourth-order valence-electron chi connectivity index (χ4n) is 2.14. The van der Waals surface area contributed by atoms with Crippen LogP contribution >= 0.6 is 12.4 Å². The van der Waals surface area contributed by atoms with Gasteiger partial charge in [-0.2, -0.15) is 0 Å². The molecular weight excluding hydrogens is 216 g/mol. The molecule has 0 aromatic heterocycles. The van der Waals surface area contributed by atoms with E-state index in [-0.39, 0.29) is 30.5 Å². The number of nitrogens with one attached hydrogen (secondary N) is 1. The second kappa shape index (κ2) is 5.68. The van der Waals surface area contributed by atoms with Gasteiger partial charge in [-0.25, -0.2) is 0 Å². The van der Waals surface area contributed by atoms with Crippen LogP contribution in [-0.2, 0) is 9.53 Å². The zero-order valence-electron chi connectivity index (χ0n) is 9.07. The summed E-state index contributed by atoms with van der Waals surface area (Å²) in [7, 11) is 0. The van der Waals surface area contributed by atoms with Gasteiger partial charge < -0.3 is 15.0 Å². The van der Waals surface area contributed by atoms with Crippen LogP contribution in [0.3, 0.4) is 0 Å². The quantitative estimate of drug-likeness (QED) is 0.715. The molecule has 4 nitrogen and oxygen atoms in total. The Labute approximate surface area is 96.7 Å². The number of ether oxygens (including phenoxy) is 1. The van der Waals surface area contributed by atoms with Crippen molar-refractivity contribution in [1.29, 1.82) is 0 Å². The van der Waals surface area contributed by atoms with Crippen LogP contribution in [0.5, 0.6) is 0 Å². The van der Waals surface area contributed by atoms with Crippen molar-refractivity contribution in [3.63, 3.8) is 0 Å². The van der Waals surface area contributed by atoms with Gasteiger partial charge in [-0.1, -0.05) is 0 Å². The molecule has 0 aromatic carbocycles. The van der Waals surface area contributed by atoms with E-state index in [1.807, 2.05) is 11.8 Å². The number of carbonyl (C=O) groups excluding carboxylic acids is 1. The van der Waals surface area contributed by atoms with Crippen molar-refractivity contribution in [3.8, 4) is 0 Å². The maximum atomic E-state index is 12.0. The number of amides is 1. The van der Waals surface area contributed by atoms with E-state index < -0.39 is 0 Å². The minimum Gasteiger partial charge on any atom is -0.375 e. The third kappa shape index (κ3) is 2.83. The first-order valence-corrected chi connectivity index (χ1v) is 5.43. The Morgan fingerprint density at radius 1 is 1.40 bits per heavy atom. The fourth-order valence-corrected chi connectivity index (χ4v) is 2.14. The third-order valence-electron chi connectivity index (χ3n) is 3.00. The second-order valence-corrected chi connectivity index (χ2v) is 4.04. The van der Waals surface area contributed by atoms with Crippen molar-refractivity contribution in [2.45, 2.75) is 31.9 Å². The molecule has 5 heteroatoms. The molecule has 15 heavy (non-hydrogen) atoms. The van der Waals surface area contributed by atoms with E-state index in [0.29, 0.717) is 6.61 Å². The Hall–Kier alpha value is -0.320. The summed E-state index contributed by atoms with van der Waals surface area (Å²) in [6.07, 6.45) is 2.30. The van der Waals surface area contributed by atoms with E-state index in [0.717, 1.165) is 32.5 Å². The van der Waals surface area contributed by atoms with Gasteiger partial charge in [0.1, 0.15) is 6.04 Å². The van der Waals surface area contributed by atoms with Gasteiger partial charge in [0.25, 0.3) is 0 Å². The van der Waals surface area contributed by atoms with Crippen LogP contribution in [0.2, 0.25) is 0 Å². The predicted octanol–water partition coefficient (Wildman–Crippen LogP) is 0.407. The standard InChI is InChI=1S/C10H18N2O2.ClH/c1-8-9(11-4-7-14-8)10(13)12-5-2-3-6-12;/h8-9,11H,2-7H2,1H3;1H/t8-,9+;/m1./s1. The lowest BCUT2D eigenvalue weighted by Crippen LogP contribution is -2.55. The van der Waals surface area contributed by atoms with E-state index in [9.17, 15) is 4.79 Å². The summed E-state index contributed by atoms with van der Waals surface area (Å²) in [6.45, 7) is 5.30. The Morgan fingerprint density at radius 2 is 2.07 bits per heavy atom. The van der Waals surface area contributed by atoms with Crippen molar-refractivity contribution < 1.29 is 9.53 Å². The van der Waals surface area contributed by atoms with Crippen LogP contribution in [-0.4, -0.2) is 49.2 Å². The van der Waals surface area contributed by atoms with Crippen LogP contribution in [0.1, 0.15) is 19.8 Å². The molecule has 1 amide bonds. The number of morpholine rings is 1. The molecular formula is C10H19ClN2O2. The summed E-state index contributed by atoms with van der Waals surface area (Å²) >= 11 is 0. The maximum absolute atomic E-state index is 12.0. The summed E-state index contributed by atoms with van der Waals surface area (Å²) in [5.41, 5.74) is 0. The van der Waals surface area contributed by atoms with E-state index in [2.05, 4.69) is 5.32 Å². The lowest BCUT2D eigenvalue weighted by atomic mass is 10.1. The summed E-state index contributed by atoms with van der Waals surface area (Å²) in [5.74, 6) is 0.217. The van der Waals surface area contributed by atoms with Crippen molar-refractivity contribution in [2.75, 3.05) is 26.2 Å². The monoisotopic (exact) mass is 234 g/mol. The normalized spacial score (nSPS) is 31.1. The van der Waals surface area contributed by atoms with Crippen molar-refractivity contribution in [1.82, 2.24) is 10.2 Å². The molecule has 0 radical (unpaired) electrons. The highest BCUT2D eigenvalue weighted by atomic mass is 35.5. The number of halogens is 1. The molecule has 2 aliphatic heterocycles. The van der Waals surface area contributed by atoms with E-state index >= 15 is 0 Å². The van der Waals surface area contributed by atoms with Gasteiger partial charge in [-0.15, -0.1) is 12.4 Å². The first-order valence-electron chi connectivity index (χ1n) is 5.43. The maximum Gasteiger partial charge on any atom is 0.242 e. The Bertz CT molecular complexity index is 219. The van der Waals surface area contributed by atoms with E-state index in [4.69, 9.17) is 4.74 Å². The first kappa shape index (κ1) is 12.7. The summed E-state index contributed by atoms with van der Waals surface area (Å²) in [5, 5.41) is 3.23. The number of likely N-dealkylation sites (tertiary alicyclic amines) is 1. The molecule has 2 aliphatic rings. The lowest BCUT2D eigenvalue weighted by Gasteiger charge is -2.32. The average Bonchev–Trinajstić information content (AvgIpc) is 2.70. The fraction of sp³-hybridized carbons (Fsp3) is 0.900. The Morgan fingerprint density at radius 3 is 2.67 bits per heavy atom. The topological polar surface area (TPSA) is 41.6 Å². The van der Waals surface area contributed by atoms with Gasteiger partial charge in [-0.3, -0.25) is 4.79 Å². The highest BCUT2D eigenvalue weighted by Crippen LogP contribution is 2.13. The number of rotatable bonds is 1. The van der Waals surface area contributed by atoms with Crippen LogP contribution < -0.4 is 5.32 Å². The number of hydrogen-bond donors (Lipinski definition) is 1. The number of nitrogens with zero attached hydrogens (tertiary/aromatic N) is 1. The highest BCUT2D eigenvalue weighted by molar-refractivity contribution is 5.85. The molecule has 2 atom stereocenters. The van der Waals surface area contributed by atoms with Gasteiger partial charge in [0.05, 0.1) is 12.7 Å². The first-order chi connectivity index (χ1) is 6.79. The molecule has 0 aromatic rings. The van der Waals surface area contributed by atoms with Gasteiger partial charge >= 0.3 is 0 Å². The SMILES string of the molecule is C[C@H]1OCCN[C@@H]1C(=O)N1CCCC1.Cl. The van der Waals surface area contributed by atoms with Crippen molar-refractivity contribution in [2.24, 2.45) is 0 Å². The second-order valence-electron chi connectivity index (χ2n) is 4.04. The molecule has 0 spiro atoms. The molecule has 2 saturated heterocycles. The minimum atomic E-state index is -0.123. The van der Waals surface area contributed by atoms with E-state index in [1.165, 1.54) is 0 Å². The molecule has 0 bridgehead atoms. The van der Waals surface area contributed by atoms with Crippen LogP contribution in [0, 0.1) is 0 Å². The number of hydrogen-bond acceptors (Lipinski definition) is 3. The minimum absolute atomic E-state index is 0. The molecule has 88 valence electrons. The molecule has 2 fully saturated rings. The molecule has 1 N–H and O–H groups in total. The largest absolute Gasteiger partial charge is 0.375 e. The molecule has 0 unspecified atom stereocenters. The van der Waals surface area contributed by atoms with Gasteiger partial charge in [0.15, 0.2) is 0 Å². The third-order valence-corrected chi connectivity index (χ3v) is 3.00. The number of carbonyl (C=O) groups is 1. The van der Waals surface area contributed by atoms with Crippen molar-refractivity contribution in [3.05, 3.63) is 0 Å². The van der Waals surface area contributed by atoms with E-state index in [1.54, 1.807) is 0 Å². The highest BCUT2D eigenvalue weighted by Gasteiger charge is 2.32. The average molecular weight is 235 g/mol. The molecule has 0 aliphatic carbocycles. The summed E-state index contributed by atoms with van der Waals surface area (Å²) in [4.78, 5) is 13.9. The lowest BCUT2D eigenvalue weighted by molar-refractivity contribution is -0.138. The zero-order chi connectivity index (χ0) is 9.97.